The summed E-state index contributed by atoms with van der Waals surface area (Å²) in [5.41, 5.74) is 1.22. The third-order valence-electron chi connectivity index (χ3n) is 3.00. The summed E-state index contributed by atoms with van der Waals surface area (Å²) in [5.74, 6) is 0.792. The van der Waals surface area contributed by atoms with Gasteiger partial charge in [0, 0.05) is 6.54 Å². The van der Waals surface area contributed by atoms with Crippen LogP contribution in [-0.4, -0.2) is 4.98 Å². The van der Waals surface area contributed by atoms with Gasteiger partial charge in [0.2, 0.25) is 0 Å². The second-order valence-corrected chi connectivity index (χ2v) is 4.77. The zero-order valence-corrected chi connectivity index (χ0v) is 11.1. The number of hydrogen-bond acceptors (Lipinski definition) is 2. The lowest BCUT2D eigenvalue weighted by Crippen LogP contribution is -2.01. The summed E-state index contributed by atoms with van der Waals surface area (Å²) in [6.07, 6.45) is 0. The van der Waals surface area contributed by atoms with E-state index in [0.29, 0.717) is 5.15 Å². The number of nitrogens with one attached hydrogen (secondary N) is 1. The molecule has 2 nitrogen and oxygen atoms in total. The van der Waals surface area contributed by atoms with E-state index in [-0.39, 0.29) is 0 Å². The van der Waals surface area contributed by atoms with Gasteiger partial charge in [0.05, 0.1) is 0 Å². The number of aromatic nitrogens is 1. The third kappa shape index (κ3) is 2.85. The molecule has 0 saturated carbocycles. The van der Waals surface area contributed by atoms with Gasteiger partial charge in [-0.25, -0.2) is 4.98 Å². The summed E-state index contributed by atoms with van der Waals surface area (Å²) in [6.45, 7) is 0.734. The predicted molar refractivity (Wildman–Crippen MR) is 80.5 cm³/mol. The zero-order chi connectivity index (χ0) is 13.1. The molecular weight excluding hydrogens is 256 g/mol. The van der Waals surface area contributed by atoms with Gasteiger partial charge in [-0.15, -0.1) is 0 Å². The molecule has 94 valence electrons. The Morgan fingerprint density at radius 2 is 1.74 bits per heavy atom. The van der Waals surface area contributed by atoms with Crippen LogP contribution < -0.4 is 5.32 Å². The molecule has 0 atom stereocenters. The second kappa shape index (κ2) is 5.29. The predicted octanol–water partition coefficient (Wildman–Crippen LogP) is 4.50. The molecule has 0 aliphatic rings. The number of pyridine rings is 1. The molecule has 0 aliphatic heterocycles. The highest BCUT2D eigenvalue weighted by Crippen LogP contribution is 2.17. The quantitative estimate of drug-likeness (QED) is 0.708. The Labute approximate surface area is 117 Å². The first-order chi connectivity index (χ1) is 9.31. The van der Waals surface area contributed by atoms with E-state index in [1.807, 2.05) is 12.1 Å². The molecule has 0 aliphatic carbocycles. The van der Waals surface area contributed by atoms with Gasteiger partial charge >= 0.3 is 0 Å². The average Bonchev–Trinajstić information content (AvgIpc) is 2.45. The van der Waals surface area contributed by atoms with E-state index in [1.165, 1.54) is 16.3 Å². The normalized spacial score (nSPS) is 10.6. The van der Waals surface area contributed by atoms with Gasteiger partial charge in [0.25, 0.3) is 0 Å². The average molecular weight is 269 g/mol. The lowest BCUT2D eigenvalue weighted by atomic mass is 10.1. The summed E-state index contributed by atoms with van der Waals surface area (Å²) in [5, 5.41) is 6.28. The highest BCUT2D eigenvalue weighted by molar-refractivity contribution is 6.29. The minimum Gasteiger partial charge on any atom is -0.366 e. The number of nitrogens with zero attached hydrogens (tertiary/aromatic N) is 1. The molecule has 0 radical (unpaired) electrons. The van der Waals surface area contributed by atoms with Crippen molar-refractivity contribution in [1.29, 1.82) is 0 Å². The molecule has 3 heteroatoms. The maximum Gasteiger partial charge on any atom is 0.131 e. The largest absolute Gasteiger partial charge is 0.366 e. The van der Waals surface area contributed by atoms with E-state index < -0.39 is 0 Å². The van der Waals surface area contributed by atoms with Crippen molar-refractivity contribution in [2.75, 3.05) is 5.32 Å². The van der Waals surface area contributed by atoms with Crippen LogP contribution in [0.3, 0.4) is 0 Å². The molecule has 0 amide bonds. The molecule has 0 bridgehead atoms. The first-order valence-corrected chi connectivity index (χ1v) is 6.53. The van der Waals surface area contributed by atoms with Crippen molar-refractivity contribution in [1.82, 2.24) is 4.98 Å². The number of benzene rings is 2. The number of halogens is 1. The Hall–Kier alpha value is -2.06. The summed E-state index contributed by atoms with van der Waals surface area (Å²) in [7, 11) is 0. The highest BCUT2D eigenvalue weighted by atomic mass is 35.5. The molecule has 19 heavy (non-hydrogen) atoms. The van der Waals surface area contributed by atoms with Crippen LogP contribution in [0.2, 0.25) is 5.15 Å². The van der Waals surface area contributed by atoms with Crippen molar-refractivity contribution >= 4 is 28.2 Å². The van der Waals surface area contributed by atoms with Crippen LogP contribution in [0.25, 0.3) is 10.8 Å². The molecule has 0 fully saturated rings. The first-order valence-electron chi connectivity index (χ1n) is 6.15. The second-order valence-electron chi connectivity index (χ2n) is 4.38. The smallest absolute Gasteiger partial charge is 0.131 e. The van der Waals surface area contributed by atoms with Gasteiger partial charge in [0.1, 0.15) is 11.0 Å². The molecule has 0 unspecified atom stereocenters. The van der Waals surface area contributed by atoms with Gasteiger partial charge in [-0.3, -0.25) is 0 Å². The van der Waals surface area contributed by atoms with E-state index in [2.05, 4.69) is 52.8 Å². The fourth-order valence-electron chi connectivity index (χ4n) is 2.05. The Bertz CT molecular complexity index is 710. The van der Waals surface area contributed by atoms with Crippen molar-refractivity contribution in [3.05, 3.63) is 71.4 Å². The van der Waals surface area contributed by atoms with E-state index in [1.54, 1.807) is 6.07 Å². The molecule has 0 spiro atoms. The van der Waals surface area contributed by atoms with Gasteiger partial charge in [-0.2, -0.15) is 0 Å². The van der Waals surface area contributed by atoms with E-state index in [4.69, 9.17) is 11.6 Å². The number of hydrogen-bond donors (Lipinski definition) is 1. The van der Waals surface area contributed by atoms with Crippen molar-refractivity contribution in [2.24, 2.45) is 0 Å². The highest BCUT2D eigenvalue weighted by Gasteiger charge is 1.98. The van der Waals surface area contributed by atoms with Crippen molar-refractivity contribution in [3.63, 3.8) is 0 Å². The molecule has 1 N–H and O–H groups in total. The molecule has 1 aromatic heterocycles. The van der Waals surface area contributed by atoms with Crippen LogP contribution in [0.1, 0.15) is 5.56 Å². The van der Waals surface area contributed by atoms with Crippen molar-refractivity contribution < 1.29 is 0 Å². The molecule has 2 aromatic carbocycles. The summed E-state index contributed by atoms with van der Waals surface area (Å²) >= 11 is 5.85. The van der Waals surface area contributed by atoms with E-state index in [0.717, 1.165) is 12.4 Å². The summed E-state index contributed by atoms with van der Waals surface area (Å²) < 4.78 is 0. The minimum absolute atomic E-state index is 0.503. The summed E-state index contributed by atoms with van der Waals surface area (Å²) in [6, 6.07) is 20.4. The fraction of sp³-hybridized carbons (Fsp3) is 0.0625. The first kappa shape index (κ1) is 12.0. The summed E-state index contributed by atoms with van der Waals surface area (Å²) in [4.78, 5) is 4.20. The van der Waals surface area contributed by atoms with Crippen molar-refractivity contribution in [3.8, 4) is 0 Å². The lowest BCUT2D eigenvalue weighted by Gasteiger charge is -2.07. The van der Waals surface area contributed by atoms with Crippen LogP contribution in [0.5, 0.6) is 0 Å². The van der Waals surface area contributed by atoms with Gasteiger partial charge in [-0.05, 0) is 34.5 Å². The number of anilines is 1. The van der Waals surface area contributed by atoms with E-state index in [9.17, 15) is 0 Å². The van der Waals surface area contributed by atoms with Crippen LogP contribution in [0, 0.1) is 0 Å². The molecule has 3 rings (SSSR count). The zero-order valence-electron chi connectivity index (χ0n) is 10.3. The van der Waals surface area contributed by atoms with E-state index >= 15 is 0 Å². The molecule has 1 heterocycles. The maximum absolute atomic E-state index is 5.85. The standard InChI is InChI=1S/C16H13ClN2/c17-15-6-3-7-16(19-15)18-11-12-8-9-13-4-1-2-5-14(13)10-12/h1-10H,11H2,(H,18,19). The number of fused-ring (bicyclic) bond motifs is 1. The molecule has 3 aromatic rings. The van der Waals surface area contributed by atoms with Crippen LogP contribution in [-0.2, 0) is 6.54 Å². The van der Waals surface area contributed by atoms with Gasteiger partial charge in [0.15, 0.2) is 0 Å². The molecular formula is C16H13ClN2. The topological polar surface area (TPSA) is 24.9 Å². The Morgan fingerprint density at radius 1 is 0.895 bits per heavy atom. The molecule has 0 saturated heterocycles. The minimum atomic E-state index is 0.503. The Balaban J connectivity index is 1.78. The van der Waals surface area contributed by atoms with Gasteiger partial charge in [-0.1, -0.05) is 54.1 Å². The Kier molecular flexibility index (Phi) is 3.34. The maximum atomic E-state index is 5.85. The lowest BCUT2D eigenvalue weighted by molar-refractivity contribution is 1.12. The Morgan fingerprint density at radius 3 is 2.58 bits per heavy atom. The van der Waals surface area contributed by atoms with Gasteiger partial charge < -0.3 is 5.32 Å². The van der Waals surface area contributed by atoms with Crippen LogP contribution in [0.4, 0.5) is 5.82 Å². The monoisotopic (exact) mass is 268 g/mol. The van der Waals surface area contributed by atoms with Crippen LogP contribution >= 0.6 is 11.6 Å². The third-order valence-corrected chi connectivity index (χ3v) is 3.21. The fourth-order valence-corrected chi connectivity index (χ4v) is 2.21. The van der Waals surface area contributed by atoms with Crippen molar-refractivity contribution in [2.45, 2.75) is 6.54 Å². The SMILES string of the molecule is Clc1cccc(NCc2ccc3ccccc3c2)n1. The van der Waals surface area contributed by atoms with Crippen LogP contribution in [0.15, 0.2) is 60.7 Å². The number of rotatable bonds is 3.